The first-order valence-electron chi connectivity index (χ1n) is 11.9. The monoisotopic (exact) mass is 561 g/mol. The van der Waals surface area contributed by atoms with Crippen LogP contribution < -0.4 is 15.1 Å². The summed E-state index contributed by atoms with van der Waals surface area (Å²) >= 11 is 0. The van der Waals surface area contributed by atoms with Crippen LogP contribution in [0.1, 0.15) is 48.6 Å². The number of carboxylic acid groups (broad SMARTS) is 1. The van der Waals surface area contributed by atoms with Gasteiger partial charge in [0.2, 0.25) is 0 Å². The van der Waals surface area contributed by atoms with Crippen LogP contribution in [0.5, 0.6) is 0 Å². The van der Waals surface area contributed by atoms with Crippen molar-refractivity contribution in [1.82, 2.24) is 19.6 Å². The topological polar surface area (TPSA) is 167 Å². The summed E-state index contributed by atoms with van der Waals surface area (Å²) in [6.07, 6.45) is 2.51. The number of imidazole rings is 1. The number of sulfonamides is 1. The Hall–Kier alpha value is -3.71. The molecular formula is C25H29N4O7S2-. The lowest BCUT2D eigenvalue weighted by Gasteiger charge is -2.15. The van der Waals surface area contributed by atoms with Crippen LogP contribution in [0.2, 0.25) is 0 Å². The molecule has 0 radical (unpaired) electrons. The molecule has 0 bridgehead atoms. The third kappa shape index (κ3) is 6.58. The molecule has 0 saturated carbocycles. The fraction of sp³-hybridized carbons (Fsp3) is 0.320. The summed E-state index contributed by atoms with van der Waals surface area (Å²) in [5.74, 6) is -1.34. The van der Waals surface area contributed by atoms with E-state index < -0.39 is 42.6 Å². The predicted octanol–water partition coefficient (Wildman–Crippen LogP) is 1.72. The molecule has 0 aliphatic carbocycles. The standard InChI is InChI=1S/C25H30N4O7S2/c1-4-8-21-27-23(37(3,33)34)22(24(30)31)29(21)16-17-11-13-18(14-12-17)19-9-6-7-10-20(19)38(35,36)28-25(32)26-15-5-2/h6-7,9-14H,4-5,8,15-16H2,1-3H3,(H,30,31)(H2,26,28,32)/p-1. The second-order valence-corrected chi connectivity index (χ2v) is 12.2. The van der Waals surface area contributed by atoms with E-state index in [9.17, 15) is 31.5 Å². The van der Waals surface area contributed by atoms with Crippen molar-refractivity contribution in [2.75, 3.05) is 12.8 Å². The van der Waals surface area contributed by atoms with Gasteiger partial charge >= 0.3 is 6.03 Å². The number of nitrogens with one attached hydrogen (secondary N) is 2. The Labute approximate surface area is 221 Å². The van der Waals surface area contributed by atoms with Crippen molar-refractivity contribution in [3.63, 3.8) is 0 Å². The molecule has 2 aromatic carbocycles. The van der Waals surface area contributed by atoms with E-state index in [1.165, 1.54) is 10.6 Å². The number of carbonyl (C=O) groups excluding carboxylic acids is 2. The maximum Gasteiger partial charge on any atom is 0.328 e. The zero-order valence-corrected chi connectivity index (χ0v) is 22.9. The lowest BCUT2D eigenvalue weighted by molar-refractivity contribution is -0.256. The van der Waals surface area contributed by atoms with Crippen molar-refractivity contribution in [2.45, 2.75) is 49.6 Å². The highest BCUT2D eigenvalue weighted by Gasteiger charge is 2.25. The van der Waals surface area contributed by atoms with Gasteiger partial charge in [0.15, 0.2) is 14.9 Å². The molecule has 2 amide bonds. The first kappa shape index (κ1) is 28.9. The summed E-state index contributed by atoms with van der Waals surface area (Å²) in [4.78, 5) is 27.8. The zero-order valence-electron chi connectivity index (χ0n) is 21.2. The molecule has 0 unspecified atom stereocenters. The number of aromatic nitrogens is 2. The van der Waals surface area contributed by atoms with Gasteiger partial charge in [-0.15, -0.1) is 0 Å². The Morgan fingerprint density at radius 3 is 2.21 bits per heavy atom. The summed E-state index contributed by atoms with van der Waals surface area (Å²) in [6.45, 7) is 4.04. The van der Waals surface area contributed by atoms with Crippen LogP contribution in [0.3, 0.4) is 0 Å². The maximum atomic E-state index is 12.9. The first-order chi connectivity index (χ1) is 17.9. The van der Waals surface area contributed by atoms with Crippen molar-refractivity contribution in [1.29, 1.82) is 0 Å². The van der Waals surface area contributed by atoms with Gasteiger partial charge in [0, 0.05) is 31.3 Å². The second kappa shape index (κ2) is 11.8. The molecule has 0 aliphatic heterocycles. The third-order valence-electron chi connectivity index (χ3n) is 5.58. The quantitative estimate of drug-likeness (QED) is 0.357. The highest BCUT2D eigenvalue weighted by Crippen LogP contribution is 2.28. The molecule has 0 fully saturated rings. The minimum Gasteiger partial charge on any atom is -0.543 e. The molecule has 204 valence electrons. The minimum atomic E-state index is -4.17. The highest BCUT2D eigenvalue weighted by molar-refractivity contribution is 7.90. The van der Waals surface area contributed by atoms with Crippen molar-refractivity contribution >= 4 is 31.9 Å². The minimum absolute atomic E-state index is 0.0144. The van der Waals surface area contributed by atoms with Crippen molar-refractivity contribution in [2.24, 2.45) is 0 Å². The summed E-state index contributed by atoms with van der Waals surface area (Å²) in [5.41, 5.74) is 1.02. The van der Waals surface area contributed by atoms with Crippen molar-refractivity contribution < 1.29 is 31.5 Å². The number of aryl methyl sites for hydroxylation is 1. The van der Waals surface area contributed by atoms with Gasteiger partial charge in [0.05, 0.1) is 10.9 Å². The number of carbonyl (C=O) groups is 2. The van der Waals surface area contributed by atoms with Crippen LogP contribution in [0.4, 0.5) is 4.79 Å². The molecule has 1 aromatic heterocycles. The molecule has 2 N–H and O–H groups in total. The molecule has 11 nitrogen and oxygen atoms in total. The maximum absolute atomic E-state index is 12.9. The number of rotatable bonds is 11. The van der Waals surface area contributed by atoms with Crippen LogP contribution in [0.15, 0.2) is 58.5 Å². The normalized spacial score (nSPS) is 11.8. The van der Waals surface area contributed by atoms with E-state index in [0.29, 0.717) is 48.3 Å². The fourth-order valence-electron chi connectivity index (χ4n) is 3.88. The number of sulfone groups is 1. The van der Waals surface area contributed by atoms with E-state index >= 15 is 0 Å². The largest absolute Gasteiger partial charge is 0.543 e. The number of benzene rings is 2. The Morgan fingerprint density at radius 1 is 0.974 bits per heavy atom. The van der Waals surface area contributed by atoms with Crippen LogP contribution in [-0.4, -0.2) is 51.2 Å². The number of nitrogens with zero attached hydrogens (tertiary/aromatic N) is 2. The molecule has 3 aromatic rings. The number of amides is 2. The van der Waals surface area contributed by atoms with E-state index in [1.54, 1.807) is 42.5 Å². The van der Waals surface area contributed by atoms with Gasteiger partial charge in [-0.05, 0) is 30.0 Å². The number of hydrogen-bond donors (Lipinski definition) is 2. The van der Waals surface area contributed by atoms with Gasteiger partial charge in [0.1, 0.15) is 11.5 Å². The third-order valence-corrected chi connectivity index (χ3v) is 7.95. The Bertz CT molecular complexity index is 1540. The van der Waals surface area contributed by atoms with E-state index in [1.807, 2.05) is 18.6 Å². The summed E-state index contributed by atoms with van der Waals surface area (Å²) < 4.78 is 53.5. The molecule has 0 aliphatic rings. The molecule has 3 rings (SSSR count). The van der Waals surface area contributed by atoms with Gasteiger partial charge in [0.25, 0.3) is 10.0 Å². The fourth-order valence-corrected chi connectivity index (χ4v) is 5.85. The number of hydrogen-bond acceptors (Lipinski definition) is 8. The Balaban J connectivity index is 1.97. The molecule has 0 spiro atoms. The Morgan fingerprint density at radius 2 is 1.63 bits per heavy atom. The summed E-state index contributed by atoms with van der Waals surface area (Å²) in [5, 5.41) is 13.8. The molecule has 38 heavy (non-hydrogen) atoms. The van der Waals surface area contributed by atoms with E-state index in [2.05, 4.69) is 10.3 Å². The van der Waals surface area contributed by atoms with E-state index in [0.717, 1.165) is 6.26 Å². The lowest BCUT2D eigenvalue weighted by Crippen LogP contribution is -2.39. The molecular weight excluding hydrogens is 532 g/mol. The van der Waals surface area contributed by atoms with Gasteiger partial charge in [-0.1, -0.05) is 56.3 Å². The average molecular weight is 562 g/mol. The first-order valence-corrected chi connectivity index (χ1v) is 15.3. The summed E-state index contributed by atoms with van der Waals surface area (Å²) in [6, 6.07) is 12.1. The van der Waals surface area contributed by atoms with Crippen molar-refractivity contribution in [3.05, 3.63) is 65.6 Å². The van der Waals surface area contributed by atoms with Gasteiger partial charge in [-0.3, -0.25) is 0 Å². The molecule has 0 atom stereocenters. The van der Waals surface area contributed by atoms with Crippen LogP contribution in [0.25, 0.3) is 11.1 Å². The van der Waals surface area contributed by atoms with E-state index in [-0.39, 0.29) is 11.4 Å². The predicted molar refractivity (Wildman–Crippen MR) is 139 cm³/mol. The number of urea groups is 1. The average Bonchev–Trinajstić information content (AvgIpc) is 3.22. The Kier molecular flexibility index (Phi) is 8.94. The van der Waals surface area contributed by atoms with Crippen LogP contribution >= 0.6 is 0 Å². The lowest BCUT2D eigenvalue weighted by atomic mass is 10.0. The summed E-state index contributed by atoms with van der Waals surface area (Å²) in [7, 11) is -8.08. The number of carboxylic acids is 1. The van der Waals surface area contributed by atoms with Crippen molar-refractivity contribution in [3.8, 4) is 11.1 Å². The molecule has 1 heterocycles. The van der Waals surface area contributed by atoms with Gasteiger partial charge in [-0.25, -0.2) is 31.3 Å². The number of aromatic carboxylic acids is 1. The molecule has 0 saturated heterocycles. The zero-order chi connectivity index (χ0) is 28.1. The van der Waals surface area contributed by atoms with Gasteiger partial charge < -0.3 is 19.8 Å². The highest BCUT2D eigenvalue weighted by atomic mass is 32.2. The van der Waals surface area contributed by atoms with Crippen LogP contribution in [0, 0.1) is 0 Å². The smallest absolute Gasteiger partial charge is 0.328 e. The van der Waals surface area contributed by atoms with Crippen LogP contribution in [-0.2, 0) is 32.8 Å². The SMILES string of the molecule is CCCNC(=O)NS(=O)(=O)c1ccccc1-c1ccc(Cn2c(CCC)nc(S(C)(=O)=O)c2C(=O)[O-])cc1. The van der Waals surface area contributed by atoms with E-state index in [4.69, 9.17) is 0 Å². The second-order valence-electron chi connectivity index (χ2n) is 8.63. The van der Waals surface area contributed by atoms with Gasteiger partial charge in [-0.2, -0.15) is 0 Å². The molecule has 13 heteroatoms.